The number of aliphatic hydroxyl groups is 1. The summed E-state index contributed by atoms with van der Waals surface area (Å²) in [4.78, 5) is 28.0. The Bertz CT molecular complexity index is 1210. The number of hydrogen-bond donors (Lipinski definition) is 1. The summed E-state index contributed by atoms with van der Waals surface area (Å²) in [5.74, 6) is 0.446. The normalized spacial score (nSPS) is 16.8. The van der Waals surface area contributed by atoms with Crippen LogP contribution in [0.4, 0.5) is 5.69 Å². The number of fused-ring (bicyclic) bond motifs is 1. The minimum absolute atomic E-state index is 0.192. The van der Waals surface area contributed by atoms with Crippen LogP contribution in [0.5, 0.6) is 17.2 Å². The monoisotopic (exact) mass is 481 g/mol. The Morgan fingerprint density at radius 1 is 1.00 bits per heavy atom. The third-order valence-corrected chi connectivity index (χ3v) is 6.01. The largest absolute Gasteiger partial charge is 0.497 e. The Balaban J connectivity index is 1.55. The molecule has 0 spiro atoms. The second kappa shape index (κ2) is 9.75. The van der Waals surface area contributed by atoms with Gasteiger partial charge in [0.25, 0.3) is 5.91 Å². The zero-order valence-electron chi connectivity index (χ0n) is 18.8. The van der Waals surface area contributed by atoms with Crippen molar-refractivity contribution in [3.63, 3.8) is 0 Å². The van der Waals surface area contributed by atoms with Crippen LogP contribution in [0.15, 0.2) is 66.7 Å². The van der Waals surface area contributed by atoms with Crippen molar-refractivity contribution in [1.29, 1.82) is 0 Å². The molecule has 1 aliphatic heterocycles. The molecule has 34 heavy (non-hydrogen) atoms. The molecule has 1 atom stereocenters. The predicted octanol–water partition coefficient (Wildman–Crippen LogP) is 4.24. The molecule has 1 heterocycles. The Labute approximate surface area is 202 Å². The first-order valence-corrected chi connectivity index (χ1v) is 11.0. The van der Waals surface area contributed by atoms with Crippen molar-refractivity contribution in [2.24, 2.45) is 0 Å². The highest BCUT2D eigenvalue weighted by atomic mass is 35.5. The second-order valence-corrected chi connectivity index (χ2v) is 8.24. The van der Waals surface area contributed by atoms with Crippen LogP contribution in [0, 0.1) is 0 Å². The lowest BCUT2D eigenvalue weighted by atomic mass is 9.88. The molecule has 176 valence electrons. The first-order valence-electron chi connectivity index (χ1n) is 10.6. The molecule has 1 amide bonds. The first-order chi connectivity index (χ1) is 16.4. The maximum atomic E-state index is 13.4. The quantitative estimate of drug-likeness (QED) is 0.460. The fourth-order valence-corrected chi connectivity index (χ4v) is 4.17. The van der Waals surface area contributed by atoms with Crippen LogP contribution in [0.2, 0.25) is 5.02 Å². The van der Waals surface area contributed by atoms with E-state index in [0.717, 1.165) is 0 Å². The van der Waals surface area contributed by atoms with Gasteiger partial charge in [0, 0.05) is 16.7 Å². The number of hydrogen-bond acceptors (Lipinski definition) is 6. The Kier molecular flexibility index (Phi) is 6.77. The SMILES string of the molecule is COc1ccc(C(=O)CC2(O)C(=O)N(CCOc3ccc(Cl)cc3)c3ccccc32)c(OC)c1. The Morgan fingerprint density at radius 2 is 1.71 bits per heavy atom. The van der Waals surface area contributed by atoms with Crippen LogP contribution >= 0.6 is 11.6 Å². The molecule has 0 fully saturated rings. The number of para-hydroxylation sites is 1. The highest BCUT2D eigenvalue weighted by Gasteiger charge is 2.50. The number of ketones is 1. The zero-order valence-corrected chi connectivity index (χ0v) is 19.5. The predicted molar refractivity (Wildman–Crippen MR) is 128 cm³/mol. The van der Waals surface area contributed by atoms with Crippen molar-refractivity contribution in [2.75, 3.05) is 32.3 Å². The average Bonchev–Trinajstić information content (AvgIpc) is 3.06. The lowest BCUT2D eigenvalue weighted by molar-refractivity contribution is -0.135. The Hall–Kier alpha value is -3.55. The number of methoxy groups -OCH3 is 2. The molecule has 0 aliphatic carbocycles. The molecule has 0 bridgehead atoms. The second-order valence-electron chi connectivity index (χ2n) is 7.80. The van der Waals surface area contributed by atoms with Crippen LogP contribution < -0.4 is 19.1 Å². The maximum Gasteiger partial charge on any atom is 0.264 e. The van der Waals surface area contributed by atoms with E-state index in [4.69, 9.17) is 25.8 Å². The molecule has 7 nitrogen and oxygen atoms in total. The van der Waals surface area contributed by atoms with Crippen molar-refractivity contribution in [3.8, 4) is 17.2 Å². The van der Waals surface area contributed by atoms with E-state index in [1.54, 1.807) is 66.7 Å². The molecule has 0 saturated carbocycles. The van der Waals surface area contributed by atoms with Crippen molar-refractivity contribution >= 4 is 29.0 Å². The minimum Gasteiger partial charge on any atom is -0.497 e. The van der Waals surface area contributed by atoms with Gasteiger partial charge in [-0.05, 0) is 42.5 Å². The van der Waals surface area contributed by atoms with Crippen molar-refractivity contribution < 1.29 is 28.9 Å². The summed E-state index contributed by atoms with van der Waals surface area (Å²) >= 11 is 5.90. The summed E-state index contributed by atoms with van der Waals surface area (Å²) in [5, 5.41) is 12.1. The number of anilines is 1. The number of benzene rings is 3. The summed E-state index contributed by atoms with van der Waals surface area (Å²) in [6.07, 6.45) is -0.430. The summed E-state index contributed by atoms with van der Waals surface area (Å²) in [6, 6.07) is 18.6. The van der Waals surface area contributed by atoms with Crippen LogP contribution in [0.25, 0.3) is 0 Å². The molecule has 1 aliphatic rings. The minimum atomic E-state index is -2.00. The van der Waals surface area contributed by atoms with Gasteiger partial charge in [0.15, 0.2) is 11.4 Å². The van der Waals surface area contributed by atoms with E-state index in [2.05, 4.69) is 0 Å². The maximum absolute atomic E-state index is 13.4. The van der Waals surface area contributed by atoms with Gasteiger partial charge in [0.1, 0.15) is 23.9 Å². The highest BCUT2D eigenvalue weighted by Crippen LogP contribution is 2.43. The molecule has 1 unspecified atom stereocenters. The van der Waals surface area contributed by atoms with Crippen molar-refractivity contribution in [1.82, 2.24) is 0 Å². The smallest absolute Gasteiger partial charge is 0.264 e. The number of ether oxygens (including phenoxy) is 3. The molecular weight excluding hydrogens is 458 g/mol. The molecule has 0 radical (unpaired) electrons. The molecule has 0 saturated heterocycles. The number of rotatable bonds is 9. The number of amides is 1. The van der Waals surface area contributed by atoms with Crippen LogP contribution in [0.1, 0.15) is 22.3 Å². The topological polar surface area (TPSA) is 85.3 Å². The van der Waals surface area contributed by atoms with E-state index < -0.39 is 23.7 Å². The fraction of sp³-hybridized carbons (Fsp3) is 0.231. The number of carbonyl (C=O) groups excluding carboxylic acids is 2. The van der Waals surface area contributed by atoms with E-state index in [9.17, 15) is 14.7 Å². The summed E-state index contributed by atoms with van der Waals surface area (Å²) in [6.45, 7) is 0.388. The van der Waals surface area contributed by atoms with Gasteiger partial charge in [-0.25, -0.2) is 0 Å². The van der Waals surface area contributed by atoms with E-state index >= 15 is 0 Å². The number of halogens is 1. The third kappa shape index (κ3) is 4.44. The summed E-state index contributed by atoms with van der Waals surface area (Å²) < 4.78 is 16.2. The summed E-state index contributed by atoms with van der Waals surface area (Å²) in [5.41, 5.74) is -0.818. The lowest BCUT2D eigenvalue weighted by Crippen LogP contribution is -2.43. The van der Waals surface area contributed by atoms with E-state index in [1.807, 2.05) is 0 Å². The molecule has 1 N–H and O–H groups in total. The van der Waals surface area contributed by atoms with Gasteiger partial charge >= 0.3 is 0 Å². The van der Waals surface area contributed by atoms with Gasteiger partial charge < -0.3 is 24.2 Å². The zero-order chi connectivity index (χ0) is 24.3. The molecule has 0 aromatic heterocycles. The fourth-order valence-electron chi connectivity index (χ4n) is 4.04. The average molecular weight is 482 g/mol. The first kappa shape index (κ1) is 23.6. The van der Waals surface area contributed by atoms with E-state index in [-0.39, 0.29) is 18.7 Å². The molecule has 8 heteroatoms. The van der Waals surface area contributed by atoms with Crippen molar-refractivity contribution in [2.45, 2.75) is 12.0 Å². The van der Waals surface area contributed by atoms with Gasteiger partial charge in [0.2, 0.25) is 0 Å². The Morgan fingerprint density at radius 3 is 2.41 bits per heavy atom. The number of nitrogens with zero attached hydrogens (tertiary/aromatic N) is 1. The molecular formula is C26H24ClNO6. The third-order valence-electron chi connectivity index (χ3n) is 5.76. The van der Waals surface area contributed by atoms with Crippen LogP contribution in [0.3, 0.4) is 0 Å². The van der Waals surface area contributed by atoms with E-state index in [0.29, 0.717) is 33.5 Å². The van der Waals surface area contributed by atoms with Gasteiger partial charge in [-0.1, -0.05) is 29.8 Å². The van der Waals surface area contributed by atoms with Crippen molar-refractivity contribution in [3.05, 3.63) is 82.9 Å². The molecule has 3 aromatic carbocycles. The van der Waals surface area contributed by atoms with E-state index in [1.165, 1.54) is 19.1 Å². The number of Topliss-reactive ketones (excluding diaryl/α,β-unsaturated/α-hetero) is 1. The van der Waals surface area contributed by atoms with Crippen LogP contribution in [-0.4, -0.2) is 44.2 Å². The summed E-state index contributed by atoms with van der Waals surface area (Å²) in [7, 11) is 2.96. The lowest BCUT2D eigenvalue weighted by Gasteiger charge is -2.23. The number of carbonyl (C=O) groups is 2. The van der Waals surface area contributed by atoms with Gasteiger partial charge in [-0.2, -0.15) is 0 Å². The van der Waals surface area contributed by atoms with Gasteiger partial charge in [-0.3, -0.25) is 9.59 Å². The van der Waals surface area contributed by atoms with Gasteiger partial charge in [-0.15, -0.1) is 0 Å². The molecule has 4 rings (SSSR count). The highest BCUT2D eigenvalue weighted by molar-refractivity contribution is 6.30. The molecule has 3 aromatic rings. The standard InChI is InChI=1S/C26H24ClNO6/c1-32-19-11-12-20(24(15-19)33-2)23(29)16-26(31)21-5-3-4-6-22(21)28(25(26)30)13-14-34-18-9-7-17(27)8-10-18/h3-12,15,31H,13-14,16H2,1-2H3. The van der Waals surface area contributed by atoms with Gasteiger partial charge in [0.05, 0.1) is 38.4 Å². The van der Waals surface area contributed by atoms with Crippen LogP contribution in [-0.2, 0) is 10.4 Å².